The molecule has 7 heteroatoms. The van der Waals surface area contributed by atoms with E-state index in [9.17, 15) is 4.79 Å². The van der Waals surface area contributed by atoms with Crippen LogP contribution in [0.5, 0.6) is 0 Å². The van der Waals surface area contributed by atoms with E-state index in [-0.39, 0.29) is 15.9 Å². The highest BCUT2D eigenvalue weighted by Crippen LogP contribution is 2.23. The predicted molar refractivity (Wildman–Crippen MR) is 104 cm³/mol. The second-order valence-electron chi connectivity index (χ2n) is 5.60. The van der Waals surface area contributed by atoms with Crippen LogP contribution < -0.4 is 5.32 Å². The Morgan fingerprint density at radius 3 is 2.46 bits per heavy atom. The first-order valence-electron chi connectivity index (χ1n) is 7.79. The minimum atomic E-state index is -0.422. The van der Waals surface area contributed by atoms with Gasteiger partial charge in [0, 0.05) is 11.3 Å². The number of nitrogens with one attached hydrogen (secondary N) is 2. The number of halogens is 2. The molecule has 0 bridgehead atoms. The number of nitrogens with zero attached hydrogens (tertiary/aromatic N) is 2. The first-order valence-corrected chi connectivity index (χ1v) is 8.54. The molecule has 0 radical (unpaired) electrons. The van der Waals surface area contributed by atoms with Crippen LogP contribution in [0.3, 0.4) is 0 Å². The van der Waals surface area contributed by atoms with Gasteiger partial charge >= 0.3 is 0 Å². The van der Waals surface area contributed by atoms with Gasteiger partial charge in [-0.25, -0.2) is 9.97 Å². The molecule has 2 heterocycles. The van der Waals surface area contributed by atoms with E-state index in [0.717, 1.165) is 22.4 Å². The lowest BCUT2D eigenvalue weighted by Gasteiger charge is -2.07. The third-order valence-electron chi connectivity index (χ3n) is 3.83. The molecule has 128 valence electrons. The number of aromatic amines is 1. The lowest BCUT2D eigenvalue weighted by molar-refractivity contribution is 0.102. The fourth-order valence-corrected chi connectivity index (χ4v) is 2.91. The smallest absolute Gasteiger partial charge is 0.275 e. The van der Waals surface area contributed by atoms with Gasteiger partial charge in [0.2, 0.25) is 0 Å². The largest absolute Gasteiger partial charge is 0.338 e. The number of rotatable bonds is 3. The number of benzene rings is 2. The Labute approximate surface area is 159 Å². The second kappa shape index (κ2) is 6.78. The van der Waals surface area contributed by atoms with Gasteiger partial charge in [-0.2, -0.15) is 0 Å². The van der Waals surface area contributed by atoms with E-state index in [0.29, 0.717) is 5.69 Å². The van der Waals surface area contributed by atoms with Crippen molar-refractivity contribution in [3.8, 4) is 11.4 Å². The number of anilines is 1. The molecule has 2 aromatic heterocycles. The van der Waals surface area contributed by atoms with Crippen molar-refractivity contribution in [1.82, 2.24) is 15.0 Å². The molecule has 0 aliphatic rings. The van der Waals surface area contributed by atoms with Gasteiger partial charge in [-0.05, 0) is 48.5 Å². The third kappa shape index (κ3) is 3.27. The Hall–Kier alpha value is -2.89. The summed E-state index contributed by atoms with van der Waals surface area (Å²) in [7, 11) is 0. The monoisotopic (exact) mass is 382 g/mol. The highest BCUT2D eigenvalue weighted by molar-refractivity contribution is 6.35. The molecule has 5 nitrogen and oxygen atoms in total. The number of imidazole rings is 1. The number of hydrogen-bond donors (Lipinski definition) is 2. The maximum absolute atomic E-state index is 12.3. The third-order valence-corrected chi connectivity index (χ3v) is 4.35. The molecule has 0 unspecified atom stereocenters. The predicted octanol–water partition coefficient (Wildman–Crippen LogP) is 5.18. The number of hydrogen-bond acceptors (Lipinski definition) is 3. The van der Waals surface area contributed by atoms with E-state index >= 15 is 0 Å². The van der Waals surface area contributed by atoms with Gasteiger partial charge in [0.25, 0.3) is 5.91 Å². The van der Waals surface area contributed by atoms with E-state index in [1.54, 1.807) is 12.1 Å². The molecule has 0 fully saturated rings. The molecule has 1 amide bonds. The number of H-pyrrole nitrogens is 1. The van der Waals surface area contributed by atoms with Gasteiger partial charge in [-0.1, -0.05) is 35.3 Å². The van der Waals surface area contributed by atoms with Gasteiger partial charge in [-0.15, -0.1) is 0 Å². The fourth-order valence-electron chi connectivity index (χ4n) is 2.57. The lowest BCUT2D eigenvalue weighted by Crippen LogP contribution is -2.14. The van der Waals surface area contributed by atoms with Crippen molar-refractivity contribution in [1.29, 1.82) is 0 Å². The maximum atomic E-state index is 12.3. The van der Waals surface area contributed by atoms with Gasteiger partial charge in [-0.3, -0.25) is 4.79 Å². The van der Waals surface area contributed by atoms with E-state index in [1.165, 1.54) is 12.1 Å². The zero-order valence-corrected chi connectivity index (χ0v) is 14.8. The Balaban J connectivity index is 1.56. The molecule has 0 aliphatic heterocycles. The summed E-state index contributed by atoms with van der Waals surface area (Å²) >= 11 is 11.8. The van der Waals surface area contributed by atoms with Gasteiger partial charge in [0.05, 0.1) is 16.1 Å². The standard InChI is InChI=1S/C19H12Cl2N4O/c20-13-9-10-16(21)25-17(13)19(26)22-12-7-5-11(6-8-12)18-23-14-3-1-2-4-15(14)24-18/h1-10H,(H,22,26)(H,23,24). The molecule has 26 heavy (non-hydrogen) atoms. The minimum Gasteiger partial charge on any atom is -0.338 e. The molecule has 0 aliphatic carbocycles. The van der Waals surface area contributed by atoms with Crippen molar-refractivity contribution in [3.63, 3.8) is 0 Å². The van der Waals surface area contributed by atoms with E-state index in [4.69, 9.17) is 23.2 Å². The molecule has 0 spiro atoms. The molecular weight excluding hydrogens is 371 g/mol. The zero-order valence-electron chi connectivity index (χ0n) is 13.3. The molecule has 4 rings (SSSR count). The van der Waals surface area contributed by atoms with Gasteiger partial charge < -0.3 is 10.3 Å². The van der Waals surface area contributed by atoms with Crippen LogP contribution in [0, 0.1) is 0 Å². The summed E-state index contributed by atoms with van der Waals surface area (Å²) in [5.41, 5.74) is 3.49. The van der Waals surface area contributed by atoms with Crippen molar-refractivity contribution in [2.45, 2.75) is 0 Å². The molecule has 4 aromatic rings. The SMILES string of the molecule is O=C(Nc1ccc(-c2nc3ccccc3[nH]2)cc1)c1nc(Cl)ccc1Cl. The van der Waals surface area contributed by atoms with Gasteiger partial charge in [0.1, 0.15) is 16.7 Å². The number of pyridine rings is 1. The number of fused-ring (bicyclic) bond motifs is 1. The van der Waals surface area contributed by atoms with Crippen molar-refractivity contribution >= 4 is 45.8 Å². The van der Waals surface area contributed by atoms with Crippen LogP contribution in [0.4, 0.5) is 5.69 Å². The average Bonchev–Trinajstić information content (AvgIpc) is 3.08. The van der Waals surface area contributed by atoms with Crippen molar-refractivity contribution < 1.29 is 4.79 Å². The summed E-state index contributed by atoms with van der Waals surface area (Å²) in [4.78, 5) is 24.1. The van der Waals surface area contributed by atoms with E-state index in [2.05, 4.69) is 20.3 Å². The summed E-state index contributed by atoms with van der Waals surface area (Å²) in [6.07, 6.45) is 0. The van der Waals surface area contributed by atoms with Crippen LogP contribution in [-0.4, -0.2) is 20.9 Å². The van der Waals surface area contributed by atoms with Crippen molar-refractivity contribution in [3.05, 3.63) is 76.5 Å². The first kappa shape index (κ1) is 16.6. The highest BCUT2D eigenvalue weighted by atomic mass is 35.5. The topological polar surface area (TPSA) is 70.7 Å². The quantitative estimate of drug-likeness (QED) is 0.479. The van der Waals surface area contributed by atoms with Crippen LogP contribution in [0.2, 0.25) is 10.2 Å². The zero-order chi connectivity index (χ0) is 18.1. The summed E-state index contributed by atoms with van der Waals surface area (Å²) in [6, 6.07) is 18.2. The van der Waals surface area contributed by atoms with Crippen LogP contribution in [0.1, 0.15) is 10.5 Å². The fraction of sp³-hybridized carbons (Fsp3) is 0. The summed E-state index contributed by atoms with van der Waals surface area (Å²) in [5, 5.41) is 3.21. The highest BCUT2D eigenvalue weighted by Gasteiger charge is 2.13. The van der Waals surface area contributed by atoms with E-state index < -0.39 is 5.91 Å². The molecule has 2 aromatic carbocycles. The Morgan fingerprint density at radius 1 is 0.923 bits per heavy atom. The summed E-state index contributed by atoms with van der Waals surface area (Å²) in [6.45, 7) is 0. The number of para-hydroxylation sites is 2. The minimum absolute atomic E-state index is 0.0838. The molecule has 2 N–H and O–H groups in total. The Morgan fingerprint density at radius 2 is 1.69 bits per heavy atom. The van der Waals surface area contributed by atoms with Crippen molar-refractivity contribution in [2.75, 3.05) is 5.32 Å². The van der Waals surface area contributed by atoms with E-state index in [1.807, 2.05) is 36.4 Å². The molecule has 0 saturated heterocycles. The van der Waals surface area contributed by atoms with Gasteiger partial charge in [0.15, 0.2) is 0 Å². The lowest BCUT2D eigenvalue weighted by atomic mass is 10.2. The van der Waals surface area contributed by atoms with Crippen molar-refractivity contribution in [2.24, 2.45) is 0 Å². The maximum Gasteiger partial charge on any atom is 0.275 e. The normalized spacial score (nSPS) is 10.8. The average molecular weight is 383 g/mol. The number of carbonyl (C=O) groups excluding carboxylic acids is 1. The summed E-state index contributed by atoms with van der Waals surface area (Å²) in [5.74, 6) is 0.345. The Bertz CT molecular complexity index is 1070. The van der Waals surface area contributed by atoms with Crippen LogP contribution in [-0.2, 0) is 0 Å². The molecular formula is C19H12Cl2N4O. The second-order valence-corrected chi connectivity index (χ2v) is 6.39. The molecule has 0 saturated carbocycles. The number of carbonyl (C=O) groups is 1. The Kier molecular flexibility index (Phi) is 4.32. The van der Waals surface area contributed by atoms with Crippen LogP contribution in [0.25, 0.3) is 22.4 Å². The molecule has 0 atom stereocenters. The van der Waals surface area contributed by atoms with Crippen LogP contribution in [0.15, 0.2) is 60.7 Å². The number of aromatic nitrogens is 3. The number of amides is 1. The summed E-state index contributed by atoms with van der Waals surface area (Å²) < 4.78 is 0. The first-order chi connectivity index (χ1) is 12.6. The van der Waals surface area contributed by atoms with Crippen LogP contribution >= 0.6 is 23.2 Å².